The van der Waals surface area contributed by atoms with E-state index in [-0.39, 0.29) is 33.6 Å². The molecule has 5 rings (SSSR count). The van der Waals surface area contributed by atoms with E-state index in [1.807, 2.05) is 35.8 Å². The van der Waals surface area contributed by atoms with Crippen LogP contribution in [0.4, 0.5) is 5.69 Å². The van der Waals surface area contributed by atoms with Gasteiger partial charge in [0.15, 0.2) is 0 Å². The van der Waals surface area contributed by atoms with Crippen molar-refractivity contribution in [3.05, 3.63) is 70.0 Å². The van der Waals surface area contributed by atoms with Gasteiger partial charge in [-0.2, -0.15) is 4.31 Å². The first-order valence-corrected chi connectivity index (χ1v) is 13.7. The van der Waals surface area contributed by atoms with E-state index in [0.717, 1.165) is 24.1 Å². The highest BCUT2D eigenvalue weighted by atomic mass is 32.2. The highest BCUT2D eigenvalue weighted by Gasteiger charge is 2.33. The van der Waals surface area contributed by atoms with Crippen molar-refractivity contribution >= 4 is 32.5 Å². The lowest BCUT2D eigenvalue weighted by Crippen LogP contribution is -2.42. The summed E-state index contributed by atoms with van der Waals surface area (Å²) >= 11 is 0. The topological polar surface area (TPSA) is 79.7 Å². The van der Waals surface area contributed by atoms with Crippen LogP contribution in [0.2, 0.25) is 0 Å². The van der Waals surface area contributed by atoms with Crippen molar-refractivity contribution in [3.63, 3.8) is 0 Å². The van der Waals surface area contributed by atoms with Gasteiger partial charge in [-0.05, 0) is 61.4 Å². The number of carbonyl (C=O) groups is 1. The Morgan fingerprint density at radius 1 is 1.06 bits per heavy atom. The zero-order valence-electron chi connectivity index (χ0n) is 20.4. The summed E-state index contributed by atoms with van der Waals surface area (Å²) in [6.07, 6.45) is 3.35. The fourth-order valence-corrected chi connectivity index (χ4v) is 7.30. The molecular formula is C27H31N3O4S. The number of amides is 1. The van der Waals surface area contributed by atoms with E-state index >= 15 is 0 Å². The monoisotopic (exact) mass is 493 g/mol. The predicted molar refractivity (Wildman–Crippen MR) is 137 cm³/mol. The van der Waals surface area contributed by atoms with Crippen LogP contribution >= 0.6 is 0 Å². The third-order valence-corrected chi connectivity index (χ3v) is 9.06. The van der Waals surface area contributed by atoms with E-state index in [0.29, 0.717) is 31.7 Å². The fraction of sp³-hybridized carbons (Fsp3) is 0.407. The fourth-order valence-electron chi connectivity index (χ4n) is 5.60. The molecule has 0 bridgehead atoms. The highest BCUT2D eigenvalue weighted by Crippen LogP contribution is 2.30. The number of benzene rings is 2. The van der Waals surface area contributed by atoms with Gasteiger partial charge in [0.05, 0.1) is 10.4 Å². The number of aromatic nitrogens is 1. The van der Waals surface area contributed by atoms with E-state index in [1.54, 1.807) is 23.2 Å². The molecule has 0 saturated carbocycles. The smallest absolute Gasteiger partial charge is 0.263 e. The zero-order chi connectivity index (χ0) is 24.9. The minimum atomic E-state index is -3.75. The minimum absolute atomic E-state index is 0.0609. The van der Waals surface area contributed by atoms with Crippen molar-refractivity contribution in [1.29, 1.82) is 0 Å². The Labute approximate surface area is 206 Å². The molecule has 1 saturated heterocycles. The summed E-state index contributed by atoms with van der Waals surface area (Å²) < 4.78 is 30.4. The Balaban J connectivity index is 1.60. The number of piperidine rings is 1. The average Bonchev–Trinajstić information content (AvgIpc) is 3.27. The molecule has 0 N–H and O–H groups in total. The maximum atomic E-state index is 13.6. The van der Waals surface area contributed by atoms with Crippen molar-refractivity contribution < 1.29 is 13.2 Å². The van der Waals surface area contributed by atoms with Crippen LogP contribution in [0.15, 0.2) is 58.4 Å². The zero-order valence-corrected chi connectivity index (χ0v) is 21.2. The first-order valence-electron chi connectivity index (χ1n) is 12.3. The number of hydrogen-bond acceptors (Lipinski definition) is 4. The molecule has 2 atom stereocenters. The van der Waals surface area contributed by atoms with Crippen molar-refractivity contribution in [2.24, 2.45) is 11.8 Å². The number of hydrogen-bond donors (Lipinski definition) is 0. The molecule has 8 heteroatoms. The van der Waals surface area contributed by atoms with E-state index in [1.165, 1.54) is 10.4 Å². The van der Waals surface area contributed by atoms with Crippen molar-refractivity contribution in [2.75, 3.05) is 24.5 Å². The molecule has 0 radical (unpaired) electrons. The van der Waals surface area contributed by atoms with Crippen LogP contribution in [0, 0.1) is 11.8 Å². The van der Waals surface area contributed by atoms with Crippen LogP contribution in [0.5, 0.6) is 0 Å². The molecule has 1 fully saturated rings. The molecule has 7 nitrogen and oxygen atoms in total. The highest BCUT2D eigenvalue weighted by molar-refractivity contribution is 7.89. The number of para-hydroxylation sites is 1. The van der Waals surface area contributed by atoms with Gasteiger partial charge in [0.25, 0.3) is 5.91 Å². The summed E-state index contributed by atoms with van der Waals surface area (Å²) in [6.45, 7) is 8.06. The summed E-state index contributed by atoms with van der Waals surface area (Å²) in [4.78, 5) is 28.9. The van der Waals surface area contributed by atoms with Crippen LogP contribution in [0.25, 0.3) is 10.9 Å². The molecule has 0 unspecified atom stereocenters. The Morgan fingerprint density at radius 2 is 1.77 bits per heavy atom. The molecule has 0 aliphatic carbocycles. The Kier molecular flexibility index (Phi) is 6.05. The lowest BCUT2D eigenvalue weighted by Gasteiger charge is -2.34. The number of nitrogens with zero attached hydrogens (tertiary/aromatic N) is 3. The molecule has 184 valence electrons. The second-order valence-corrected chi connectivity index (χ2v) is 11.9. The van der Waals surface area contributed by atoms with Crippen LogP contribution in [0.1, 0.15) is 43.1 Å². The largest absolute Gasteiger partial charge is 0.347 e. The number of anilines is 1. The molecule has 35 heavy (non-hydrogen) atoms. The summed E-state index contributed by atoms with van der Waals surface area (Å²) in [5, 5.41) is 0.254. The maximum Gasteiger partial charge on any atom is 0.263 e. The van der Waals surface area contributed by atoms with Crippen molar-refractivity contribution in [2.45, 2.75) is 45.1 Å². The van der Waals surface area contributed by atoms with E-state index in [9.17, 15) is 18.0 Å². The van der Waals surface area contributed by atoms with Gasteiger partial charge < -0.3 is 9.47 Å². The summed E-state index contributed by atoms with van der Waals surface area (Å²) in [5.74, 6) is 0.203. The summed E-state index contributed by atoms with van der Waals surface area (Å²) in [7, 11) is -3.75. The maximum absolute atomic E-state index is 13.6. The van der Waals surface area contributed by atoms with Crippen LogP contribution in [-0.4, -0.2) is 42.8 Å². The van der Waals surface area contributed by atoms with Gasteiger partial charge in [-0.25, -0.2) is 8.42 Å². The van der Waals surface area contributed by atoms with Crippen LogP contribution < -0.4 is 10.3 Å². The normalized spacial score (nSPS) is 20.8. The minimum Gasteiger partial charge on any atom is -0.347 e. The van der Waals surface area contributed by atoms with Gasteiger partial charge in [0, 0.05) is 43.4 Å². The average molecular weight is 494 g/mol. The second-order valence-electron chi connectivity index (χ2n) is 9.94. The predicted octanol–water partition coefficient (Wildman–Crippen LogP) is 3.89. The summed E-state index contributed by atoms with van der Waals surface area (Å²) in [5.41, 5.74) is 2.15. The van der Waals surface area contributed by atoms with Gasteiger partial charge in [0.2, 0.25) is 15.5 Å². The lowest BCUT2D eigenvalue weighted by molar-refractivity contribution is 0.0988. The van der Waals surface area contributed by atoms with Gasteiger partial charge in [0.1, 0.15) is 5.56 Å². The quantitative estimate of drug-likeness (QED) is 0.552. The van der Waals surface area contributed by atoms with Crippen molar-refractivity contribution in [3.8, 4) is 0 Å². The van der Waals surface area contributed by atoms with Gasteiger partial charge in [-0.15, -0.1) is 0 Å². The Morgan fingerprint density at radius 3 is 2.49 bits per heavy atom. The number of fused-ring (bicyclic) bond motifs is 2. The molecule has 1 aromatic heterocycles. The molecule has 3 heterocycles. The summed E-state index contributed by atoms with van der Waals surface area (Å²) in [6, 6.07) is 12.4. The number of sulfonamides is 1. The third-order valence-electron chi connectivity index (χ3n) is 7.23. The third kappa shape index (κ3) is 4.08. The number of pyridine rings is 1. The standard InChI is InChI=1S/C27H31N3O4S/c1-4-28-17-23(27(32)30-12-11-20-7-5-6-8-24(20)30)26(31)22-14-21(9-10-25(22)28)35(33,34)29-15-18(2)13-19(3)16-29/h5-10,14,17-19H,4,11-13,15-16H2,1-3H3/t18-,19+. The number of aryl methyl sites for hydroxylation is 1. The Bertz CT molecular complexity index is 1470. The van der Waals surface area contributed by atoms with E-state index in [2.05, 4.69) is 13.8 Å². The Hall–Kier alpha value is -2.97. The molecule has 2 aliphatic rings. The first kappa shape index (κ1) is 23.8. The SMILES string of the molecule is CCn1cc(C(=O)N2CCc3ccccc32)c(=O)c2cc(S(=O)(=O)N3C[C@H](C)C[C@H](C)C3)ccc21. The first-order chi connectivity index (χ1) is 16.7. The number of carbonyl (C=O) groups excluding carboxylic acids is 1. The molecule has 0 spiro atoms. The lowest BCUT2D eigenvalue weighted by atomic mass is 9.94. The van der Waals surface area contributed by atoms with E-state index in [4.69, 9.17) is 0 Å². The molecule has 1 amide bonds. The second kappa shape index (κ2) is 8.91. The molecular weight excluding hydrogens is 462 g/mol. The molecule has 2 aliphatic heterocycles. The molecule has 3 aromatic rings. The van der Waals surface area contributed by atoms with Crippen LogP contribution in [0.3, 0.4) is 0 Å². The van der Waals surface area contributed by atoms with E-state index < -0.39 is 15.5 Å². The van der Waals surface area contributed by atoms with Gasteiger partial charge >= 0.3 is 0 Å². The molecule has 2 aromatic carbocycles. The number of rotatable bonds is 4. The van der Waals surface area contributed by atoms with Crippen molar-refractivity contribution in [1.82, 2.24) is 8.87 Å². The van der Waals surface area contributed by atoms with Gasteiger partial charge in [-0.3, -0.25) is 9.59 Å². The van der Waals surface area contributed by atoms with Crippen LogP contribution in [-0.2, 0) is 23.0 Å². The van der Waals surface area contributed by atoms with Gasteiger partial charge in [-0.1, -0.05) is 32.0 Å².